The predicted molar refractivity (Wildman–Crippen MR) is 225 cm³/mol. The van der Waals surface area contributed by atoms with E-state index in [2.05, 4.69) is 41.6 Å². The zero-order chi connectivity index (χ0) is 41.8. The molecule has 0 aromatic rings. The van der Waals surface area contributed by atoms with Gasteiger partial charge >= 0.3 is 5.97 Å². The number of aliphatic imine (C=N–C) groups is 1. The monoisotopic (exact) mass is 791 g/mol. The Morgan fingerprint density at radius 1 is 0.589 bits per heavy atom. The van der Waals surface area contributed by atoms with Crippen LogP contribution in [0.4, 0.5) is 0 Å². The van der Waals surface area contributed by atoms with Crippen molar-refractivity contribution < 1.29 is 33.9 Å². The number of carboxylic acid groups (broad SMARTS) is 1. The van der Waals surface area contributed by atoms with E-state index >= 15 is 0 Å². The van der Waals surface area contributed by atoms with Crippen LogP contribution in [0.5, 0.6) is 0 Å². The molecule has 322 valence electrons. The number of Topliss-reactive ketones (excluding diaryl/α,β-unsaturated/α-hetero) is 2. The van der Waals surface area contributed by atoms with Gasteiger partial charge in [0.15, 0.2) is 12.0 Å². The number of guanidine groups is 1. The molecule has 0 aromatic carbocycles. The summed E-state index contributed by atoms with van der Waals surface area (Å²) in [4.78, 5) is 77.1. The minimum atomic E-state index is -1.25. The number of ketones is 2. The Kier molecular flexibility index (Phi) is 33.5. The van der Waals surface area contributed by atoms with Gasteiger partial charge in [-0.2, -0.15) is 0 Å². The molecule has 0 heterocycles. The summed E-state index contributed by atoms with van der Waals surface area (Å²) in [6.45, 7) is 3.96. The maximum Gasteiger partial charge on any atom is 0.328 e. The van der Waals surface area contributed by atoms with Crippen molar-refractivity contribution in [2.75, 3.05) is 6.54 Å². The maximum absolute atomic E-state index is 13.0. The number of unbranched alkanes of at least 4 members (excludes halogenated alkanes) is 18. The fourth-order valence-corrected chi connectivity index (χ4v) is 6.56. The van der Waals surface area contributed by atoms with Gasteiger partial charge < -0.3 is 27.6 Å². The fourth-order valence-electron chi connectivity index (χ4n) is 6.56. The van der Waals surface area contributed by atoms with Crippen LogP contribution in [0.15, 0.2) is 17.1 Å². The third-order valence-electron chi connectivity index (χ3n) is 10.0. The molecule has 13 nitrogen and oxygen atoms in total. The van der Waals surface area contributed by atoms with Crippen LogP contribution in [0.1, 0.15) is 194 Å². The largest absolute Gasteiger partial charge is 0.480 e. The summed E-state index contributed by atoms with van der Waals surface area (Å²) in [5, 5.41) is 13.7. The molecular formula is C43H78N6O7. The topological polar surface area (TPSA) is 237 Å². The molecule has 9 N–H and O–H groups in total. The van der Waals surface area contributed by atoms with E-state index < -0.39 is 42.3 Å². The van der Waals surface area contributed by atoms with Crippen LogP contribution >= 0.6 is 0 Å². The van der Waals surface area contributed by atoms with Crippen LogP contribution in [-0.4, -0.2) is 65.0 Å². The second-order valence-electron chi connectivity index (χ2n) is 15.2. The number of hydrogen-bond donors (Lipinski definition) is 6. The Bertz CT molecular complexity index is 1150. The van der Waals surface area contributed by atoms with Crippen molar-refractivity contribution in [3.63, 3.8) is 0 Å². The first-order valence-electron chi connectivity index (χ1n) is 21.8. The summed E-state index contributed by atoms with van der Waals surface area (Å²) in [7, 11) is 0. The number of nitrogens with zero attached hydrogens (tertiary/aromatic N) is 1. The van der Waals surface area contributed by atoms with Crippen molar-refractivity contribution in [2.45, 2.75) is 206 Å². The van der Waals surface area contributed by atoms with Crippen molar-refractivity contribution in [2.24, 2.45) is 28.1 Å². The van der Waals surface area contributed by atoms with E-state index in [1.807, 2.05) is 0 Å². The van der Waals surface area contributed by atoms with Crippen LogP contribution in [0.3, 0.4) is 0 Å². The highest BCUT2D eigenvalue weighted by Crippen LogP contribution is 2.21. The molecule has 3 amide bonds. The van der Waals surface area contributed by atoms with Crippen LogP contribution in [-0.2, 0) is 28.8 Å². The summed E-state index contributed by atoms with van der Waals surface area (Å²) < 4.78 is 0. The average Bonchev–Trinajstić information content (AvgIpc) is 3.15. The van der Waals surface area contributed by atoms with Crippen molar-refractivity contribution in [3.8, 4) is 0 Å². The number of allylic oxidation sites excluding steroid dienone is 2. The molecule has 1 unspecified atom stereocenters. The van der Waals surface area contributed by atoms with Crippen molar-refractivity contribution in [1.82, 2.24) is 10.6 Å². The lowest BCUT2D eigenvalue weighted by molar-refractivity contribution is -0.139. The van der Waals surface area contributed by atoms with Gasteiger partial charge in [-0.3, -0.25) is 29.3 Å². The number of nitrogens with one attached hydrogen (secondary N) is 2. The number of carboxylic acids is 1. The molecule has 0 aliphatic carbocycles. The highest BCUT2D eigenvalue weighted by molar-refractivity contribution is 6.02. The Hall–Kier alpha value is -3.61. The quantitative estimate of drug-likeness (QED) is 0.0122. The highest BCUT2D eigenvalue weighted by Gasteiger charge is 2.25. The van der Waals surface area contributed by atoms with Gasteiger partial charge in [-0.15, -0.1) is 0 Å². The number of hydrogen-bond acceptors (Lipinski definition) is 8. The lowest BCUT2D eigenvalue weighted by atomic mass is 9.87. The molecule has 0 saturated heterocycles. The van der Waals surface area contributed by atoms with E-state index in [-0.39, 0.29) is 42.7 Å². The van der Waals surface area contributed by atoms with E-state index in [1.165, 1.54) is 38.5 Å². The normalized spacial score (nSPS) is 12.4. The Morgan fingerprint density at radius 2 is 1.05 bits per heavy atom. The third kappa shape index (κ3) is 30.6. The molecule has 2 atom stereocenters. The maximum atomic E-state index is 13.0. The molecule has 0 aliphatic heterocycles. The van der Waals surface area contributed by atoms with Crippen LogP contribution in [0.25, 0.3) is 0 Å². The van der Waals surface area contributed by atoms with Crippen molar-refractivity contribution in [3.05, 3.63) is 12.2 Å². The molecule has 0 aromatic heterocycles. The first kappa shape index (κ1) is 52.4. The molecule has 0 radical (unpaired) electrons. The molecule has 0 spiro atoms. The Morgan fingerprint density at radius 3 is 1.55 bits per heavy atom. The minimum Gasteiger partial charge on any atom is -0.480 e. The summed E-state index contributed by atoms with van der Waals surface area (Å²) in [5.74, 6) is -3.36. The van der Waals surface area contributed by atoms with Gasteiger partial charge in [-0.05, 0) is 64.2 Å². The van der Waals surface area contributed by atoms with E-state index in [0.29, 0.717) is 19.3 Å². The number of carbonyl (C=O) groups excluding carboxylic acids is 5. The van der Waals surface area contributed by atoms with Gasteiger partial charge in [-0.25, -0.2) is 9.79 Å². The average molecular weight is 791 g/mol. The summed E-state index contributed by atoms with van der Waals surface area (Å²) in [6, 6.07) is -2.30. The number of nitrogens with two attached hydrogens (primary N) is 3. The number of imide groups is 1. The first-order valence-corrected chi connectivity index (χ1v) is 21.8. The standard InChI is InChI=1S/C43H78N6O7/c1-3-5-7-19-24-28-37(50)34(38(51)29-25-20-8-6-4-2)27-23-21-17-15-13-11-9-10-12-14-16-18-22-26-30-39(52)49-40(53)33-47-41(54)35(44)31-32-36(42(55)56)48-43(45)46/h9-10,34-36H,3-8,11-33,44H2,1-2H3,(H,47,54)(H,55,56)(H4,45,46,48)(H,49,52,53)/b10-9-/t35-,36?/m0/s1. The first-order chi connectivity index (χ1) is 26.9. The van der Waals surface area contributed by atoms with E-state index in [0.717, 1.165) is 103 Å². The SMILES string of the molecule is CCCCCCCC(=O)C(CCCCCCC/C=C\CCCCCCCC(=O)NC(=O)CNC(=O)[C@@H](N)CCC(N=C(N)N)C(=O)O)C(=O)CCCCCCC. The second kappa shape index (κ2) is 35.8. The molecule has 56 heavy (non-hydrogen) atoms. The Balaban J connectivity index is 4.02. The van der Waals surface area contributed by atoms with Gasteiger partial charge in [0.1, 0.15) is 11.6 Å². The van der Waals surface area contributed by atoms with Gasteiger partial charge in [0.25, 0.3) is 0 Å². The van der Waals surface area contributed by atoms with Crippen LogP contribution in [0, 0.1) is 5.92 Å². The van der Waals surface area contributed by atoms with E-state index in [9.17, 15) is 28.8 Å². The number of amides is 3. The fraction of sp³-hybridized carbons (Fsp3) is 0.791. The summed E-state index contributed by atoms with van der Waals surface area (Å²) in [5.41, 5.74) is 16.2. The van der Waals surface area contributed by atoms with Gasteiger partial charge in [0.05, 0.1) is 18.5 Å². The lowest BCUT2D eigenvalue weighted by Crippen LogP contribution is -2.46. The summed E-state index contributed by atoms with van der Waals surface area (Å²) in [6.07, 6.45) is 29.9. The molecule has 0 rings (SSSR count). The van der Waals surface area contributed by atoms with E-state index in [1.54, 1.807) is 0 Å². The molecule has 0 aliphatic rings. The molecule has 0 fully saturated rings. The lowest BCUT2D eigenvalue weighted by Gasteiger charge is -2.15. The summed E-state index contributed by atoms with van der Waals surface area (Å²) >= 11 is 0. The minimum absolute atomic E-state index is 0.0198. The molecular weight excluding hydrogens is 713 g/mol. The zero-order valence-electron chi connectivity index (χ0n) is 35.0. The van der Waals surface area contributed by atoms with Gasteiger partial charge in [0, 0.05) is 19.3 Å². The third-order valence-corrected chi connectivity index (χ3v) is 10.0. The van der Waals surface area contributed by atoms with Crippen molar-refractivity contribution >= 4 is 41.2 Å². The predicted octanol–water partition coefficient (Wildman–Crippen LogP) is 7.07. The number of aliphatic carboxylic acids is 1. The van der Waals surface area contributed by atoms with Crippen molar-refractivity contribution in [1.29, 1.82) is 0 Å². The number of rotatable bonds is 38. The van der Waals surface area contributed by atoms with Gasteiger partial charge in [0.2, 0.25) is 17.7 Å². The second-order valence-corrected chi connectivity index (χ2v) is 15.2. The highest BCUT2D eigenvalue weighted by atomic mass is 16.4. The molecule has 0 saturated carbocycles. The molecule has 13 heteroatoms. The van der Waals surface area contributed by atoms with Crippen LogP contribution < -0.4 is 27.8 Å². The Labute approximate surface area is 337 Å². The molecule has 0 bridgehead atoms. The number of carbonyl (C=O) groups is 6. The van der Waals surface area contributed by atoms with Gasteiger partial charge in [-0.1, -0.05) is 122 Å². The smallest absolute Gasteiger partial charge is 0.328 e. The van der Waals surface area contributed by atoms with Crippen LogP contribution in [0.2, 0.25) is 0 Å². The van der Waals surface area contributed by atoms with E-state index in [4.69, 9.17) is 22.3 Å². The zero-order valence-corrected chi connectivity index (χ0v) is 35.0.